The van der Waals surface area contributed by atoms with Crippen LogP contribution in [0.3, 0.4) is 0 Å². The number of nitrogens with zero attached hydrogens (tertiary/aromatic N) is 2. The van der Waals surface area contributed by atoms with Crippen LogP contribution in [0.5, 0.6) is 0 Å². The van der Waals surface area contributed by atoms with E-state index in [4.69, 9.17) is 0 Å². The van der Waals surface area contributed by atoms with Crippen molar-refractivity contribution in [2.75, 3.05) is 0 Å². The molecular formula is C16H23N3O2. The lowest BCUT2D eigenvalue weighted by Gasteiger charge is -2.29. The van der Waals surface area contributed by atoms with E-state index in [1.54, 1.807) is 13.3 Å². The van der Waals surface area contributed by atoms with E-state index < -0.39 is 11.5 Å². The fourth-order valence-corrected chi connectivity index (χ4v) is 2.59. The minimum absolute atomic E-state index is 0.0878. The molecule has 114 valence electrons. The Labute approximate surface area is 125 Å². The van der Waals surface area contributed by atoms with Gasteiger partial charge in [-0.1, -0.05) is 0 Å². The number of fused-ring (bicyclic) bond motifs is 1. The molecule has 1 aromatic carbocycles. The first-order valence-electron chi connectivity index (χ1n) is 7.16. The molecule has 2 aromatic rings. The minimum atomic E-state index is -1.03. The van der Waals surface area contributed by atoms with Crippen molar-refractivity contribution in [2.45, 2.75) is 52.7 Å². The van der Waals surface area contributed by atoms with Gasteiger partial charge in [0.15, 0.2) is 0 Å². The molecule has 2 N–H and O–H groups in total. The van der Waals surface area contributed by atoms with Crippen LogP contribution < -0.4 is 5.32 Å². The van der Waals surface area contributed by atoms with Crippen molar-refractivity contribution >= 4 is 17.0 Å². The predicted molar refractivity (Wildman–Crippen MR) is 83.5 cm³/mol. The number of aromatic nitrogens is 2. The second kappa shape index (κ2) is 5.48. The third-order valence-corrected chi connectivity index (χ3v) is 3.80. The molecule has 0 radical (unpaired) electrons. The number of carboxylic acid groups (broad SMARTS) is 1. The first-order valence-corrected chi connectivity index (χ1v) is 7.16. The van der Waals surface area contributed by atoms with Gasteiger partial charge in [0.05, 0.1) is 23.9 Å². The van der Waals surface area contributed by atoms with Crippen LogP contribution >= 0.6 is 0 Å². The Morgan fingerprint density at radius 2 is 2.00 bits per heavy atom. The van der Waals surface area contributed by atoms with E-state index in [1.165, 1.54) is 11.1 Å². The van der Waals surface area contributed by atoms with Crippen molar-refractivity contribution in [3.8, 4) is 0 Å². The number of benzene rings is 1. The first-order chi connectivity index (χ1) is 9.73. The number of carboxylic acids is 1. The number of rotatable bonds is 5. The average molecular weight is 289 g/mol. The summed E-state index contributed by atoms with van der Waals surface area (Å²) >= 11 is 0. The van der Waals surface area contributed by atoms with Gasteiger partial charge in [-0.3, -0.25) is 10.1 Å². The maximum absolute atomic E-state index is 11.6. The summed E-state index contributed by atoms with van der Waals surface area (Å²) in [6, 6.07) is 4.19. The summed E-state index contributed by atoms with van der Waals surface area (Å²) in [6.07, 6.45) is 1.72. The Morgan fingerprint density at radius 1 is 1.38 bits per heavy atom. The van der Waals surface area contributed by atoms with E-state index in [2.05, 4.69) is 30.2 Å². The van der Waals surface area contributed by atoms with E-state index in [9.17, 15) is 9.90 Å². The second-order valence-electron chi connectivity index (χ2n) is 6.23. The van der Waals surface area contributed by atoms with E-state index in [1.807, 2.05) is 24.5 Å². The molecule has 5 heteroatoms. The molecule has 0 bridgehead atoms. The van der Waals surface area contributed by atoms with Crippen molar-refractivity contribution in [3.05, 3.63) is 29.6 Å². The Hall–Kier alpha value is -1.88. The van der Waals surface area contributed by atoms with E-state index in [-0.39, 0.29) is 6.04 Å². The number of imidazole rings is 1. The quantitative estimate of drug-likeness (QED) is 0.887. The molecule has 5 nitrogen and oxygen atoms in total. The third kappa shape index (κ3) is 3.08. The predicted octanol–water partition coefficient (Wildman–Crippen LogP) is 2.49. The van der Waals surface area contributed by atoms with Crippen LogP contribution in [0.2, 0.25) is 0 Å². The largest absolute Gasteiger partial charge is 0.480 e. The highest BCUT2D eigenvalue weighted by atomic mass is 16.4. The standard InChI is InChI=1S/C16H23N3O2/c1-10(2)18-16(5,15(20)21)8-19-9-17-13-6-11(3)12(4)7-14(13)19/h6-7,9-10,18H,8H2,1-5H3,(H,20,21). The van der Waals surface area contributed by atoms with Gasteiger partial charge in [-0.25, -0.2) is 4.98 Å². The van der Waals surface area contributed by atoms with Crippen LogP contribution in [0.25, 0.3) is 11.0 Å². The van der Waals surface area contributed by atoms with Gasteiger partial charge in [0, 0.05) is 6.04 Å². The first kappa shape index (κ1) is 15.5. The molecule has 0 amide bonds. The van der Waals surface area contributed by atoms with E-state index in [0.29, 0.717) is 6.54 Å². The molecule has 21 heavy (non-hydrogen) atoms. The molecular weight excluding hydrogens is 266 g/mol. The number of carbonyl (C=O) groups is 1. The van der Waals surface area contributed by atoms with Gasteiger partial charge in [-0.05, 0) is 57.9 Å². The van der Waals surface area contributed by atoms with Gasteiger partial charge in [-0.2, -0.15) is 0 Å². The number of nitrogens with one attached hydrogen (secondary N) is 1. The highest BCUT2D eigenvalue weighted by molar-refractivity contribution is 5.80. The molecule has 0 aliphatic heterocycles. The highest BCUT2D eigenvalue weighted by Crippen LogP contribution is 2.20. The zero-order valence-electron chi connectivity index (χ0n) is 13.3. The number of hydrogen-bond donors (Lipinski definition) is 2. The molecule has 0 aliphatic rings. The summed E-state index contributed by atoms with van der Waals surface area (Å²) in [6.45, 7) is 10.0. The van der Waals surface area contributed by atoms with Crippen LogP contribution in [0.15, 0.2) is 18.5 Å². The Balaban J connectivity index is 2.42. The lowest BCUT2D eigenvalue weighted by Crippen LogP contribution is -2.55. The van der Waals surface area contributed by atoms with Crippen molar-refractivity contribution < 1.29 is 9.90 Å². The normalized spacial score (nSPS) is 14.6. The summed E-state index contributed by atoms with van der Waals surface area (Å²) in [4.78, 5) is 16.0. The molecule has 1 aromatic heterocycles. The van der Waals surface area contributed by atoms with Crippen LogP contribution in [-0.2, 0) is 11.3 Å². The highest BCUT2D eigenvalue weighted by Gasteiger charge is 2.34. The molecule has 1 heterocycles. The lowest BCUT2D eigenvalue weighted by atomic mass is 10.0. The zero-order valence-corrected chi connectivity index (χ0v) is 13.3. The minimum Gasteiger partial charge on any atom is -0.480 e. The van der Waals surface area contributed by atoms with Crippen molar-refractivity contribution in [1.82, 2.24) is 14.9 Å². The maximum atomic E-state index is 11.6. The Kier molecular flexibility index (Phi) is 4.05. The topological polar surface area (TPSA) is 67.2 Å². The third-order valence-electron chi connectivity index (χ3n) is 3.80. The van der Waals surface area contributed by atoms with E-state index in [0.717, 1.165) is 11.0 Å². The second-order valence-corrected chi connectivity index (χ2v) is 6.23. The summed E-state index contributed by atoms with van der Waals surface area (Å²) < 4.78 is 1.91. The monoisotopic (exact) mass is 289 g/mol. The fraction of sp³-hybridized carbons (Fsp3) is 0.500. The van der Waals surface area contributed by atoms with Crippen molar-refractivity contribution in [2.24, 2.45) is 0 Å². The van der Waals surface area contributed by atoms with Crippen LogP contribution in [0, 0.1) is 13.8 Å². The number of aliphatic carboxylic acids is 1. The fourth-order valence-electron chi connectivity index (χ4n) is 2.59. The number of hydrogen-bond acceptors (Lipinski definition) is 3. The van der Waals surface area contributed by atoms with Gasteiger partial charge in [0.25, 0.3) is 0 Å². The maximum Gasteiger partial charge on any atom is 0.325 e. The number of aryl methyl sites for hydroxylation is 2. The Morgan fingerprint density at radius 3 is 2.57 bits per heavy atom. The average Bonchev–Trinajstić information content (AvgIpc) is 2.71. The summed E-state index contributed by atoms with van der Waals surface area (Å²) in [5, 5.41) is 12.7. The van der Waals surface area contributed by atoms with Crippen LogP contribution in [0.4, 0.5) is 0 Å². The molecule has 1 atom stereocenters. The molecule has 0 aliphatic carbocycles. The molecule has 0 spiro atoms. The van der Waals surface area contributed by atoms with Crippen LogP contribution in [-0.4, -0.2) is 32.2 Å². The molecule has 2 rings (SSSR count). The van der Waals surface area contributed by atoms with Crippen LogP contribution in [0.1, 0.15) is 31.9 Å². The Bertz CT molecular complexity index is 675. The zero-order chi connectivity index (χ0) is 15.8. The molecule has 1 unspecified atom stereocenters. The van der Waals surface area contributed by atoms with Crippen molar-refractivity contribution in [3.63, 3.8) is 0 Å². The van der Waals surface area contributed by atoms with E-state index >= 15 is 0 Å². The van der Waals surface area contributed by atoms with Gasteiger partial charge in [0.1, 0.15) is 5.54 Å². The smallest absolute Gasteiger partial charge is 0.325 e. The molecule has 0 saturated carbocycles. The van der Waals surface area contributed by atoms with Gasteiger partial charge in [0.2, 0.25) is 0 Å². The molecule has 0 fully saturated rings. The molecule has 0 saturated heterocycles. The van der Waals surface area contributed by atoms with Crippen molar-refractivity contribution in [1.29, 1.82) is 0 Å². The summed E-state index contributed by atoms with van der Waals surface area (Å²) in [5.41, 5.74) is 3.21. The van der Waals surface area contributed by atoms with Gasteiger partial charge >= 0.3 is 5.97 Å². The SMILES string of the molecule is Cc1cc2ncn(CC(C)(NC(C)C)C(=O)O)c2cc1C. The van der Waals surface area contributed by atoms with Gasteiger partial charge < -0.3 is 9.67 Å². The lowest BCUT2D eigenvalue weighted by molar-refractivity contribution is -0.145. The summed E-state index contributed by atoms with van der Waals surface area (Å²) in [7, 11) is 0. The summed E-state index contributed by atoms with van der Waals surface area (Å²) in [5.74, 6) is -0.859. The van der Waals surface area contributed by atoms with Gasteiger partial charge in [-0.15, -0.1) is 0 Å².